The van der Waals surface area contributed by atoms with Crippen molar-refractivity contribution in [2.45, 2.75) is 65.7 Å². The molecule has 0 amide bonds. The lowest BCUT2D eigenvalue weighted by Crippen LogP contribution is -2.34. The Morgan fingerprint density at radius 1 is 1.30 bits per heavy atom. The third kappa shape index (κ3) is 3.05. The number of piperidine rings is 1. The van der Waals surface area contributed by atoms with Gasteiger partial charge in [-0.1, -0.05) is 6.92 Å². The summed E-state index contributed by atoms with van der Waals surface area (Å²) in [6.07, 6.45) is 3.50. The maximum absolute atomic E-state index is 6.01. The Bertz CT molecular complexity index is 1020. The van der Waals surface area contributed by atoms with E-state index in [0.29, 0.717) is 6.61 Å². The highest BCUT2D eigenvalue weighted by atomic mass is 32.1. The first-order valence-electron chi connectivity index (χ1n) is 9.92. The number of fused-ring (bicyclic) bond motifs is 5. The third-order valence-electron chi connectivity index (χ3n) is 5.82. The van der Waals surface area contributed by atoms with E-state index in [1.807, 2.05) is 11.4 Å². The molecule has 6 nitrogen and oxygen atoms in total. The van der Waals surface area contributed by atoms with Crippen molar-refractivity contribution in [2.75, 3.05) is 13.1 Å². The van der Waals surface area contributed by atoms with Crippen LogP contribution in [-0.2, 0) is 24.3 Å². The Kier molecular flexibility index (Phi) is 4.04. The lowest BCUT2D eigenvalue weighted by molar-refractivity contribution is -0.0379. The van der Waals surface area contributed by atoms with E-state index in [-0.39, 0.29) is 5.60 Å². The average Bonchev–Trinajstić information content (AvgIpc) is 3.15. The van der Waals surface area contributed by atoms with E-state index in [4.69, 9.17) is 19.8 Å². The standard InChI is InChI=1S/C20H27N5OS/c1-12-6-5-7-24(9-12)10-16-22-18-17-14-8-20(3,4)26-11-15(14)27-19(17)21-13(2)25(18)23-16/h12H,5-11H2,1-4H3. The highest BCUT2D eigenvalue weighted by Crippen LogP contribution is 2.39. The van der Waals surface area contributed by atoms with Gasteiger partial charge < -0.3 is 4.74 Å². The van der Waals surface area contributed by atoms with Crippen LogP contribution in [0.1, 0.15) is 55.7 Å². The molecule has 0 radical (unpaired) electrons. The molecule has 5 rings (SSSR count). The lowest BCUT2D eigenvalue weighted by atomic mass is 9.94. The third-order valence-corrected chi connectivity index (χ3v) is 6.92. The van der Waals surface area contributed by atoms with E-state index in [2.05, 4.69) is 25.7 Å². The van der Waals surface area contributed by atoms with Gasteiger partial charge in [0.05, 0.1) is 24.1 Å². The van der Waals surface area contributed by atoms with Crippen LogP contribution in [0.4, 0.5) is 0 Å². The van der Waals surface area contributed by atoms with Gasteiger partial charge in [-0.3, -0.25) is 4.90 Å². The Morgan fingerprint density at radius 2 is 2.15 bits per heavy atom. The molecule has 0 N–H and O–H groups in total. The molecule has 3 aromatic rings. The second-order valence-electron chi connectivity index (χ2n) is 8.81. The van der Waals surface area contributed by atoms with Crippen molar-refractivity contribution >= 4 is 27.2 Å². The van der Waals surface area contributed by atoms with Gasteiger partial charge in [-0.15, -0.1) is 16.4 Å². The minimum Gasteiger partial charge on any atom is -0.370 e. The Hall–Kier alpha value is -1.57. The molecule has 0 aromatic carbocycles. The minimum absolute atomic E-state index is 0.143. The molecule has 0 spiro atoms. The second kappa shape index (κ2) is 6.22. The highest BCUT2D eigenvalue weighted by Gasteiger charge is 2.31. The molecule has 1 fully saturated rings. The van der Waals surface area contributed by atoms with Crippen molar-refractivity contribution in [1.29, 1.82) is 0 Å². The zero-order valence-corrected chi connectivity index (χ0v) is 17.4. The minimum atomic E-state index is -0.143. The van der Waals surface area contributed by atoms with Gasteiger partial charge in [0.1, 0.15) is 10.7 Å². The molecule has 27 heavy (non-hydrogen) atoms. The van der Waals surface area contributed by atoms with Gasteiger partial charge in [0.25, 0.3) is 0 Å². The lowest BCUT2D eigenvalue weighted by Gasteiger charge is -2.30. The number of rotatable bonds is 2. The summed E-state index contributed by atoms with van der Waals surface area (Å²) in [6.45, 7) is 12.5. The Balaban J connectivity index is 1.60. The van der Waals surface area contributed by atoms with Crippen molar-refractivity contribution < 1.29 is 4.74 Å². The largest absolute Gasteiger partial charge is 0.370 e. The van der Waals surface area contributed by atoms with Gasteiger partial charge in [-0.2, -0.15) is 4.52 Å². The summed E-state index contributed by atoms with van der Waals surface area (Å²) in [4.78, 5) is 14.7. The van der Waals surface area contributed by atoms with E-state index in [0.717, 1.165) is 54.1 Å². The van der Waals surface area contributed by atoms with E-state index >= 15 is 0 Å². The number of likely N-dealkylation sites (tertiary alicyclic amines) is 1. The summed E-state index contributed by atoms with van der Waals surface area (Å²) in [6, 6.07) is 0. The van der Waals surface area contributed by atoms with Crippen LogP contribution in [0.5, 0.6) is 0 Å². The van der Waals surface area contributed by atoms with Crippen molar-refractivity contribution in [3.8, 4) is 0 Å². The zero-order chi connectivity index (χ0) is 18.8. The monoisotopic (exact) mass is 385 g/mol. The van der Waals surface area contributed by atoms with Crippen LogP contribution in [0.15, 0.2) is 0 Å². The van der Waals surface area contributed by atoms with Crippen LogP contribution in [0.25, 0.3) is 15.9 Å². The first kappa shape index (κ1) is 17.5. The molecule has 0 aliphatic carbocycles. The van der Waals surface area contributed by atoms with Gasteiger partial charge >= 0.3 is 0 Å². The molecule has 1 atom stereocenters. The average molecular weight is 386 g/mol. The molecule has 0 saturated carbocycles. The fraction of sp³-hybridized carbons (Fsp3) is 0.650. The van der Waals surface area contributed by atoms with Crippen LogP contribution >= 0.6 is 11.3 Å². The predicted octanol–water partition coefficient (Wildman–Crippen LogP) is 3.73. The topological polar surface area (TPSA) is 55.6 Å². The summed E-state index contributed by atoms with van der Waals surface area (Å²) in [7, 11) is 0. The first-order chi connectivity index (χ1) is 12.9. The summed E-state index contributed by atoms with van der Waals surface area (Å²) >= 11 is 1.75. The smallest absolute Gasteiger partial charge is 0.168 e. The molecule has 3 aromatic heterocycles. The molecule has 144 valence electrons. The summed E-state index contributed by atoms with van der Waals surface area (Å²) < 4.78 is 7.96. The van der Waals surface area contributed by atoms with Crippen LogP contribution in [0, 0.1) is 12.8 Å². The molecule has 1 unspecified atom stereocenters. The molecule has 2 aliphatic rings. The number of aryl methyl sites for hydroxylation is 1. The molecule has 0 bridgehead atoms. The predicted molar refractivity (Wildman–Crippen MR) is 107 cm³/mol. The highest BCUT2D eigenvalue weighted by molar-refractivity contribution is 7.19. The van der Waals surface area contributed by atoms with Crippen molar-refractivity contribution in [2.24, 2.45) is 5.92 Å². The first-order valence-corrected chi connectivity index (χ1v) is 10.7. The quantitative estimate of drug-likeness (QED) is 0.673. The summed E-state index contributed by atoms with van der Waals surface area (Å²) in [5.74, 6) is 2.58. The fourth-order valence-electron chi connectivity index (χ4n) is 4.48. The summed E-state index contributed by atoms with van der Waals surface area (Å²) in [5, 5.41) is 6.00. The van der Waals surface area contributed by atoms with Gasteiger partial charge in [-0.05, 0) is 51.6 Å². The maximum atomic E-state index is 6.01. The van der Waals surface area contributed by atoms with Crippen LogP contribution in [0.2, 0.25) is 0 Å². The Labute approximate surface area is 163 Å². The van der Waals surface area contributed by atoms with Crippen LogP contribution < -0.4 is 0 Å². The van der Waals surface area contributed by atoms with Crippen molar-refractivity contribution in [3.05, 3.63) is 22.1 Å². The molecular formula is C20H27N5OS. The van der Waals surface area contributed by atoms with Crippen LogP contribution in [0.3, 0.4) is 0 Å². The normalized spacial score (nSPS) is 23.2. The number of hydrogen-bond acceptors (Lipinski definition) is 6. The van der Waals surface area contributed by atoms with E-state index in [1.165, 1.54) is 28.7 Å². The molecule has 1 saturated heterocycles. The van der Waals surface area contributed by atoms with Crippen molar-refractivity contribution in [3.63, 3.8) is 0 Å². The molecular weight excluding hydrogens is 358 g/mol. The van der Waals surface area contributed by atoms with E-state index in [9.17, 15) is 0 Å². The van der Waals surface area contributed by atoms with E-state index < -0.39 is 0 Å². The second-order valence-corrected chi connectivity index (χ2v) is 9.90. The number of ether oxygens (including phenoxy) is 1. The molecule has 5 heterocycles. The zero-order valence-electron chi connectivity index (χ0n) is 16.6. The van der Waals surface area contributed by atoms with E-state index in [1.54, 1.807) is 11.3 Å². The van der Waals surface area contributed by atoms with Gasteiger partial charge in [-0.25, -0.2) is 9.97 Å². The number of thiophene rings is 1. The van der Waals surface area contributed by atoms with Gasteiger partial charge in [0, 0.05) is 17.8 Å². The fourth-order valence-corrected chi connectivity index (χ4v) is 5.63. The number of aromatic nitrogens is 4. The van der Waals surface area contributed by atoms with Crippen molar-refractivity contribution in [1.82, 2.24) is 24.5 Å². The number of nitrogens with zero attached hydrogens (tertiary/aromatic N) is 5. The molecule has 7 heteroatoms. The molecule has 2 aliphatic heterocycles. The SMILES string of the molecule is Cc1nc2sc3c(c2c2nc(CN4CCCC(C)C4)nn12)CC(C)(C)OC3. The Morgan fingerprint density at radius 3 is 2.96 bits per heavy atom. The van der Waals surface area contributed by atoms with Crippen LogP contribution in [-0.4, -0.2) is 43.2 Å². The van der Waals surface area contributed by atoms with Gasteiger partial charge in [0.2, 0.25) is 0 Å². The van der Waals surface area contributed by atoms with Gasteiger partial charge in [0.15, 0.2) is 11.5 Å². The summed E-state index contributed by atoms with van der Waals surface area (Å²) in [5.41, 5.74) is 2.18. The maximum Gasteiger partial charge on any atom is 0.168 e. The number of hydrogen-bond donors (Lipinski definition) is 0.